The van der Waals surface area contributed by atoms with Crippen molar-refractivity contribution in [3.63, 3.8) is 0 Å². The summed E-state index contributed by atoms with van der Waals surface area (Å²) in [6, 6.07) is 51.8. The molecule has 0 unspecified atom stereocenters. The molecule has 10 rings (SSSR count). The first-order valence-electron chi connectivity index (χ1n) is 16.1. The Morgan fingerprint density at radius 2 is 1.18 bits per heavy atom. The van der Waals surface area contributed by atoms with Gasteiger partial charge in [0.25, 0.3) is 0 Å². The molecular formula is C44H24N4O. The van der Waals surface area contributed by atoms with Gasteiger partial charge in [-0.05, 0) is 71.8 Å². The van der Waals surface area contributed by atoms with Crippen LogP contribution < -0.4 is 0 Å². The zero-order chi connectivity index (χ0) is 32.6. The van der Waals surface area contributed by atoms with Gasteiger partial charge in [-0.25, -0.2) is 4.85 Å². The van der Waals surface area contributed by atoms with Crippen LogP contribution in [-0.2, 0) is 0 Å². The molecule has 0 aliphatic heterocycles. The van der Waals surface area contributed by atoms with Crippen molar-refractivity contribution < 1.29 is 4.42 Å². The summed E-state index contributed by atoms with van der Waals surface area (Å²) in [5.41, 5.74) is 10.5. The summed E-state index contributed by atoms with van der Waals surface area (Å²) in [6.07, 6.45) is 0. The van der Waals surface area contributed by atoms with E-state index in [0.29, 0.717) is 11.3 Å². The van der Waals surface area contributed by atoms with Gasteiger partial charge in [0.2, 0.25) is 5.69 Å². The SMILES string of the molecule is [C-]#[N+]c1ccc(-c2cc(C#N)cc(-n3c4ccccc4c4c5c(ccc43)oc3ccccc35)c2)cc1-n1c2ccccc2c2ccccc21. The fourth-order valence-corrected chi connectivity index (χ4v) is 7.68. The van der Waals surface area contributed by atoms with Crippen LogP contribution in [0.3, 0.4) is 0 Å². The van der Waals surface area contributed by atoms with Crippen LogP contribution in [0.2, 0.25) is 0 Å². The first-order valence-corrected chi connectivity index (χ1v) is 16.1. The van der Waals surface area contributed by atoms with Crippen LogP contribution in [0.4, 0.5) is 5.69 Å². The molecule has 0 aliphatic rings. The molecule has 0 amide bonds. The lowest BCUT2D eigenvalue weighted by Gasteiger charge is -2.14. The number of hydrogen-bond acceptors (Lipinski definition) is 2. The first-order chi connectivity index (χ1) is 24.2. The smallest absolute Gasteiger partial charge is 0.210 e. The molecule has 7 aromatic carbocycles. The predicted octanol–water partition coefficient (Wildman–Crippen LogP) is 11.9. The van der Waals surface area contributed by atoms with Gasteiger partial charge < -0.3 is 13.6 Å². The summed E-state index contributed by atoms with van der Waals surface area (Å²) in [5.74, 6) is 0. The maximum atomic E-state index is 10.3. The standard InChI is InChI=1S/C44H24N4O/c1-46-35-19-18-28(25-40(35)48-36-14-6-2-10-31(36)32-11-3-7-15-37(32)48)29-22-27(26-45)23-30(24-29)47-38-16-8-4-12-33(38)43-39(47)20-21-42-44(43)34-13-5-9-17-41(34)49-42/h2-25H. The molecule has 0 fully saturated rings. The minimum atomic E-state index is 0.556. The Balaban J connectivity index is 1.24. The van der Waals surface area contributed by atoms with Crippen LogP contribution in [0.25, 0.3) is 92.9 Å². The maximum Gasteiger partial charge on any atom is 0.210 e. The Labute approximate surface area is 280 Å². The number of benzene rings is 7. The lowest BCUT2D eigenvalue weighted by atomic mass is 10.0. The second-order valence-electron chi connectivity index (χ2n) is 12.3. The van der Waals surface area contributed by atoms with Gasteiger partial charge in [0.05, 0.1) is 46.0 Å². The van der Waals surface area contributed by atoms with E-state index in [1.165, 1.54) is 0 Å². The molecule has 0 atom stereocenters. The van der Waals surface area contributed by atoms with E-state index in [-0.39, 0.29) is 0 Å². The van der Waals surface area contributed by atoms with E-state index in [4.69, 9.17) is 11.0 Å². The molecule has 0 bridgehead atoms. The highest BCUT2D eigenvalue weighted by Crippen LogP contribution is 2.42. The second kappa shape index (κ2) is 10.2. The molecule has 0 N–H and O–H groups in total. The average molecular weight is 625 g/mol. The summed E-state index contributed by atoms with van der Waals surface area (Å²) in [5, 5.41) is 17.0. The van der Waals surface area contributed by atoms with Gasteiger partial charge in [0.15, 0.2) is 0 Å². The Morgan fingerprint density at radius 1 is 0.531 bits per heavy atom. The van der Waals surface area contributed by atoms with Gasteiger partial charge in [0, 0.05) is 38.0 Å². The highest BCUT2D eigenvalue weighted by Gasteiger charge is 2.20. The number of nitrogens with zero attached hydrogens (tertiary/aromatic N) is 4. The minimum absolute atomic E-state index is 0.556. The molecule has 0 saturated heterocycles. The van der Waals surface area contributed by atoms with Crippen LogP contribution in [0.5, 0.6) is 0 Å². The Morgan fingerprint density at radius 3 is 1.90 bits per heavy atom. The van der Waals surface area contributed by atoms with Crippen molar-refractivity contribution in [1.29, 1.82) is 5.26 Å². The van der Waals surface area contributed by atoms with Crippen LogP contribution in [-0.4, -0.2) is 9.13 Å². The fourth-order valence-electron chi connectivity index (χ4n) is 7.68. The molecule has 226 valence electrons. The van der Waals surface area contributed by atoms with Gasteiger partial charge in [-0.1, -0.05) is 84.9 Å². The van der Waals surface area contributed by atoms with E-state index in [9.17, 15) is 5.26 Å². The Hall–Kier alpha value is -7.08. The first kappa shape index (κ1) is 27.1. The highest BCUT2D eigenvalue weighted by atomic mass is 16.3. The van der Waals surface area contributed by atoms with Crippen molar-refractivity contribution in [2.75, 3.05) is 0 Å². The average Bonchev–Trinajstić information content (AvgIpc) is 3.82. The summed E-state index contributed by atoms with van der Waals surface area (Å²) in [6.45, 7) is 8.08. The van der Waals surface area contributed by atoms with Gasteiger partial charge in [-0.2, -0.15) is 5.26 Å². The number of furan rings is 1. The second-order valence-corrected chi connectivity index (χ2v) is 12.3. The third-order valence-corrected chi connectivity index (χ3v) is 9.73. The molecular weight excluding hydrogens is 601 g/mol. The molecule has 0 saturated carbocycles. The summed E-state index contributed by atoms with van der Waals surface area (Å²) in [4.78, 5) is 3.94. The highest BCUT2D eigenvalue weighted by molar-refractivity contribution is 6.27. The number of para-hydroxylation sites is 4. The molecule has 0 aliphatic carbocycles. The van der Waals surface area contributed by atoms with Crippen molar-refractivity contribution in [2.24, 2.45) is 0 Å². The zero-order valence-corrected chi connectivity index (χ0v) is 26.1. The molecule has 3 heterocycles. The van der Waals surface area contributed by atoms with E-state index >= 15 is 0 Å². The van der Waals surface area contributed by atoms with E-state index < -0.39 is 0 Å². The number of rotatable bonds is 3. The molecule has 49 heavy (non-hydrogen) atoms. The van der Waals surface area contributed by atoms with Crippen LogP contribution in [0, 0.1) is 17.9 Å². The number of aromatic nitrogens is 2. The molecule has 5 nitrogen and oxygen atoms in total. The molecule has 3 aromatic heterocycles. The number of nitriles is 1. The van der Waals surface area contributed by atoms with Crippen molar-refractivity contribution >= 4 is 71.2 Å². The minimum Gasteiger partial charge on any atom is -0.456 e. The quantitative estimate of drug-likeness (QED) is 0.184. The van der Waals surface area contributed by atoms with Crippen LogP contribution >= 0.6 is 0 Å². The lowest BCUT2D eigenvalue weighted by Crippen LogP contribution is -1.97. The van der Waals surface area contributed by atoms with Gasteiger partial charge in [0.1, 0.15) is 11.2 Å². The number of fused-ring (bicyclic) bond motifs is 10. The lowest BCUT2D eigenvalue weighted by molar-refractivity contribution is 0.669. The molecule has 0 radical (unpaired) electrons. The van der Waals surface area contributed by atoms with E-state index in [2.05, 4.69) is 105 Å². The maximum absolute atomic E-state index is 10.3. The molecule has 5 heteroatoms. The van der Waals surface area contributed by atoms with Crippen molar-refractivity contribution in [1.82, 2.24) is 9.13 Å². The topological polar surface area (TPSA) is 51.1 Å². The monoisotopic (exact) mass is 624 g/mol. The largest absolute Gasteiger partial charge is 0.456 e. The third kappa shape index (κ3) is 3.85. The Kier molecular flexibility index (Phi) is 5.64. The van der Waals surface area contributed by atoms with Crippen molar-refractivity contribution in [2.45, 2.75) is 0 Å². The summed E-state index contributed by atoms with van der Waals surface area (Å²) in [7, 11) is 0. The predicted molar refractivity (Wildman–Crippen MR) is 199 cm³/mol. The molecule has 0 spiro atoms. The normalized spacial score (nSPS) is 11.6. The number of hydrogen-bond donors (Lipinski definition) is 0. The van der Waals surface area contributed by atoms with E-state index in [1.54, 1.807) is 0 Å². The van der Waals surface area contributed by atoms with Gasteiger partial charge in [-0.15, -0.1) is 0 Å². The van der Waals surface area contributed by atoms with Crippen LogP contribution in [0.15, 0.2) is 150 Å². The van der Waals surface area contributed by atoms with E-state index in [0.717, 1.165) is 88.1 Å². The van der Waals surface area contributed by atoms with E-state index in [1.807, 2.05) is 60.7 Å². The van der Waals surface area contributed by atoms with Crippen molar-refractivity contribution in [3.8, 4) is 28.6 Å². The zero-order valence-electron chi connectivity index (χ0n) is 26.1. The van der Waals surface area contributed by atoms with Crippen molar-refractivity contribution in [3.05, 3.63) is 163 Å². The third-order valence-electron chi connectivity index (χ3n) is 9.73. The molecule has 10 aromatic rings. The van der Waals surface area contributed by atoms with Gasteiger partial charge in [-0.3, -0.25) is 0 Å². The van der Waals surface area contributed by atoms with Gasteiger partial charge >= 0.3 is 0 Å². The van der Waals surface area contributed by atoms with Crippen LogP contribution in [0.1, 0.15) is 5.56 Å². The fraction of sp³-hybridized carbons (Fsp3) is 0. The Bertz CT molecular complexity index is 3030. The summed E-state index contributed by atoms with van der Waals surface area (Å²) < 4.78 is 10.7. The summed E-state index contributed by atoms with van der Waals surface area (Å²) >= 11 is 0.